The minimum absolute atomic E-state index is 0.0353. The van der Waals surface area contributed by atoms with Crippen molar-refractivity contribution in [2.45, 2.75) is 418 Å². The number of esters is 2. The van der Waals surface area contributed by atoms with Gasteiger partial charge in [-0.25, -0.2) is 4.57 Å². The summed E-state index contributed by atoms with van der Waals surface area (Å²) in [5, 5.41) is 0. The van der Waals surface area contributed by atoms with Gasteiger partial charge in [-0.05, 0) is 70.6 Å². The molecule has 0 saturated carbocycles. The summed E-state index contributed by atoms with van der Waals surface area (Å²) in [6.45, 7) is 4.50. The first-order valence-electron chi connectivity index (χ1n) is 39.7. The van der Waals surface area contributed by atoms with Crippen LogP contribution in [0.15, 0.2) is 36.5 Å². The Kier molecular flexibility index (Phi) is 70.1. The minimum atomic E-state index is -4.39. The standard InChI is InChI=1S/C80H154NO8P/c1-6-8-10-12-14-16-18-20-22-24-26-28-30-32-34-36-37-38-39-40-41-42-43-45-47-49-51-53-55-57-59-61-63-65-67-69-71-73-80(83)89-78(77-88-90(84,85)87-75-74-81(3,4)5)76-86-79(82)72-70-68-66-64-62-60-58-56-54-52-50-48-46-44-35-33-31-29-27-25-23-21-19-17-15-13-11-9-7-2/h18,20,24-27,78H,6-17,19,21-23,28-77H2,1-5H3/p+1/b20-18-,26-24-,27-25-. The third-order valence-corrected chi connectivity index (χ3v) is 19.1. The zero-order valence-corrected chi connectivity index (χ0v) is 61.8. The molecule has 0 rings (SSSR count). The third-order valence-electron chi connectivity index (χ3n) is 18.1. The Morgan fingerprint density at radius 2 is 0.600 bits per heavy atom. The van der Waals surface area contributed by atoms with Gasteiger partial charge >= 0.3 is 19.8 Å². The molecule has 9 nitrogen and oxygen atoms in total. The molecule has 0 aliphatic rings. The number of allylic oxidation sites excluding steroid dienone is 6. The Morgan fingerprint density at radius 1 is 0.344 bits per heavy atom. The monoisotopic (exact) mass is 1290 g/mol. The second-order valence-corrected chi connectivity index (χ2v) is 29.9. The molecule has 0 spiro atoms. The van der Waals surface area contributed by atoms with Crippen LogP contribution in [0.5, 0.6) is 0 Å². The SMILES string of the molecule is CCCCCCC/C=C\C/C=C\CCCCCCCCCCCCCCCCCCCCCCCCCCCC(=O)OC(COC(=O)CCCCCCCCCCCCCCCCCCC/C=C\CCCCCCCCCC)COP(=O)(O)OCC[N+](C)(C)C. The molecule has 0 aromatic heterocycles. The van der Waals surface area contributed by atoms with Crippen molar-refractivity contribution in [2.75, 3.05) is 47.5 Å². The molecule has 0 aromatic rings. The maximum atomic E-state index is 12.9. The average Bonchev–Trinajstić information content (AvgIpc) is 3.58. The van der Waals surface area contributed by atoms with Crippen LogP contribution in [-0.4, -0.2) is 74.9 Å². The predicted octanol–water partition coefficient (Wildman–Crippen LogP) is 26.2. The summed E-state index contributed by atoms with van der Waals surface area (Å²) in [5.41, 5.74) is 0. The lowest BCUT2D eigenvalue weighted by Gasteiger charge is -2.24. The third kappa shape index (κ3) is 75.3. The number of hydrogen-bond donors (Lipinski definition) is 1. The number of phosphoric acid groups is 1. The van der Waals surface area contributed by atoms with E-state index in [-0.39, 0.29) is 25.6 Å². The summed E-state index contributed by atoms with van der Waals surface area (Å²) in [6.07, 6.45) is 92.9. The van der Waals surface area contributed by atoms with Crippen molar-refractivity contribution < 1.29 is 42.1 Å². The lowest BCUT2D eigenvalue weighted by atomic mass is 10.0. The van der Waals surface area contributed by atoms with E-state index in [4.69, 9.17) is 18.5 Å². The molecule has 2 unspecified atom stereocenters. The summed E-state index contributed by atoms with van der Waals surface area (Å²) >= 11 is 0. The molecule has 0 bridgehead atoms. The number of quaternary nitrogens is 1. The molecule has 0 aliphatic heterocycles. The Balaban J connectivity index is 3.91. The van der Waals surface area contributed by atoms with Gasteiger partial charge < -0.3 is 18.9 Å². The molecule has 0 radical (unpaired) electrons. The van der Waals surface area contributed by atoms with Gasteiger partial charge in [-0.15, -0.1) is 0 Å². The van der Waals surface area contributed by atoms with Gasteiger partial charge in [-0.1, -0.05) is 365 Å². The highest BCUT2D eigenvalue weighted by molar-refractivity contribution is 7.47. The van der Waals surface area contributed by atoms with Crippen LogP contribution in [0, 0.1) is 0 Å². The molecule has 532 valence electrons. The Hall–Kier alpha value is -1.77. The molecule has 0 fully saturated rings. The molecular weight excluding hydrogens is 1130 g/mol. The lowest BCUT2D eigenvalue weighted by molar-refractivity contribution is -0.870. The van der Waals surface area contributed by atoms with E-state index < -0.39 is 26.5 Å². The van der Waals surface area contributed by atoms with Crippen molar-refractivity contribution in [2.24, 2.45) is 0 Å². The van der Waals surface area contributed by atoms with Gasteiger partial charge in [0.05, 0.1) is 27.7 Å². The Bertz CT molecular complexity index is 1610. The largest absolute Gasteiger partial charge is 0.472 e. The van der Waals surface area contributed by atoms with Crippen LogP contribution < -0.4 is 0 Å². The fourth-order valence-corrected chi connectivity index (χ4v) is 12.8. The van der Waals surface area contributed by atoms with Gasteiger partial charge in [0.25, 0.3) is 0 Å². The molecule has 0 heterocycles. The highest BCUT2D eigenvalue weighted by Crippen LogP contribution is 2.43. The summed E-state index contributed by atoms with van der Waals surface area (Å²) in [4.78, 5) is 36.0. The zero-order chi connectivity index (χ0) is 65.5. The van der Waals surface area contributed by atoms with E-state index in [1.807, 2.05) is 21.1 Å². The Labute approximate surface area is 561 Å². The lowest BCUT2D eigenvalue weighted by Crippen LogP contribution is -2.37. The first-order valence-corrected chi connectivity index (χ1v) is 41.2. The predicted molar refractivity (Wildman–Crippen MR) is 390 cm³/mol. The van der Waals surface area contributed by atoms with Crippen LogP contribution in [0.4, 0.5) is 0 Å². The van der Waals surface area contributed by atoms with Crippen molar-refractivity contribution in [1.29, 1.82) is 0 Å². The molecule has 0 amide bonds. The normalized spacial score (nSPS) is 13.2. The molecule has 0 aromatic carbocycles. The van der Waals surface area contributed by atoms with Gasteiger partial charge in [0.15, 0.2) is 6.10 Å². The first-order chi connectivity index (χ1) is 44.0. The number of likely N-dealkylation sites (N-methyl/N-ethyl adjacent to an activating group) is 1. The zero-order valence-electron chi connectivity index (χ0n) is 60.9. The fraction of sp³-hybridized carbons (Fsp3) is 0.900. The first kappa shape index (κ1) is 88.2. The van der Waals surface area contributed by atoms with Crippen LogP contribution in [-0.2, 0) is 32.7 Å². The van der Waals surface area contributed by atoms with E-state index in [1.54, 1.807) is 0 Å². The van der Waals surface area contributed by atoms with Crippen LogP contribution in [0.3, 0.4) is 0 Å². The average molecular weight is 1290 g/mol. The molecule has 2 atom stereocenters. The molecular formula is C80H155NO8P+. The van der Waals surface area contributed by atoms with E-state index >= 15 is 0 Å². The van der Waals surface area contributed by atoms with E-state index in [2.05, 4.69) is 50.3 Å². The Morgan fingerprint density at radius 3 is 0.889 bits per heavy atom. The van der Waals surface area contributed by atoms with Gasteiger partial charge in [0.1, 0.15) is 19.8 Å². The van der Waals surface area contributed by atoms with Crippen molar-refractivity contribution in [3.05, 3.63) is 36.5 Å². The molecule has 1 N–H and O–H groups in total. The van der Waals surface area contributed by atoms with Gasteiger partial charge in [-0.2, -0.15) is 0 Å². The van der Waals surface area contributed by atoms with Gasteiger partial charge in [-0.3, -0.25) is 18.6 Å². The minimum Gasteiger partial charge on any atom is -0.462 e. The number of hydrogen-bond acceptors (Lipinski definition) is 7. The molecule has 0 aliphatic carbocycles. The number of carbonyl (C=O) groups excluding carboxylic acids is 2. The summed E-state index contributed by atoms with van der Waals surface area (Å²) < 4.78 is 34.8. The summed E-state index contributed by atoms with van der Waals surface area (Å²) in [7, 11) is 1.50. The van der Waals surface area contributed by atoms with E-state index in [0.29, 0.717) is 23.9 Å². The van der Waals surface area contributed by atoms with E-state index in [0.717, 1.165) is 38.5 Å². The highest BCUT2D eigenvalue weighted by Gasteiger charge is 2.27. The molecule has 10 heteroatoms. The number of carbonyl (C=O) groups is 2. The highest BCUT2D eigenvalue weighted by atomic mass is 31.2. The van der Waals surface area contributed by atoms with Crippen molar-refractivity contribution in [3.8, 4) is 0 Å². The van der Waals surface area contributed by atoms with E-state index in [1.165, 1.54) is 340 Å². The number of nitrogens with zero attached hydrogens (tertiary/aromatic N) is 1. The van der Waals surface area contributed by atoms with E-state index in [9.17, 15) is 19.0 Å². The smallest absolute Gasteiger partial charge is 0.462 e. The molecule has 90 heavy (non-hydrogen) atoms. The second kappa shape index (κ2) is 71.5. The number of ether oxygens (including phenoxy) is 2. The topological polar surface area (TPSA) is 108 Å². The van der Waals surface area contributed by atoms with Crippen molar-refractivity contribution in [1.82, 2.24) is 0 Å². The summed E-state index contributed by atoms with van der Waals surface area (Å²) in [5.74, 6) is -0.771. The maximum Gasteiger partial charge on any atom is 0.472 e. The number of phosphoric ester groups is 1. The van der Waals surface area contributed by atoms with Gasteiger partial charge in [0, 0.05) is 12.8 Å². The van der Waals surface area contributed by atoms with Crippen molar-refractivity contribution >= 4 is 19.8 Å². The van der Waals surface area contributed by atoms with Crippen molar-refractivity contribution in [3.63, 3.8) is 0 Å². The second-order valence-electron chi connectivity index (χ2n) is 28.4. The van der Waals surface area contributed by atoms with Crippen LogP contribution in [0.2, 0.25) is 0 Å². The number of unbranched alkanes of at least 4 members (excludes halogenated alkanes) is 55. The fourth-order valence-electron chi connectivity index (χ4n) is 12.0. The number of rotatable bonds is 75. The quantitative estimate of drug-likeness (QED) is 0.0211. The van der Waals surface area contributed by atoms with Gasteiger partial charge in [0.2, 0.25) is 0 Å². The molecule has 0 saturated heterocycles. The summed E-state index contributed by atoms with van der Waals surface area (Å²) in [6, 6.07) is 0. The van der Waals surface area contributed by atoms with Crippen LogP contribution >= 0.6 is 7.82 Å². The van der Waals surface area contributed by atoms with Crippen LogP contribution in [0.25, 0.3) is 0 Å². The maximum absolute atomic E-state index is 12.9. The van der Waals surface area contributed by atoms with Crippen LogP contribution in [0.1, 0.15) is 412 Å².